The maximum Gasteiger partial charge on any atom is 0.226 e. The van der Waals surface area contributed by atoms with Gasteiger partial charge in [-0.15, -0.1) is 0 Å². The number of benzene rings is 1. The van der Waals surface area contributed by atoms with Gasteiger partial charge in [0.1, 0.15) is 0 Å². The normalized spacial score (nSPS) is 21.1. The van der Waals surface area contributed by atoms with Crippen LogP contribution in [0.25, 0.3) is 0 Å². The zero-order chi connectivity index (χ0) is 10.8. The molecule has 1 heterocycles. The van der Waals surface area contributed by atoms with Crippen LogP contribution in [0.2, 0.25) is 0 Å². The van der Waals surface area contributed by atoms with Gasteiger partial charge in [-0.3, -0.25) is 4.79 Å². The molecule has 1 aliphatic heterocycles. The molecule has 1 atom stereocenters. The van der Waals surface area contributed by atoms with Crippen molar-refractivity contribution in [3.05, 3.63) is 29.8 Å². The van der Waals surface area contributed by atoms with Gasteiger partial charge in [-0.05, 0) is 30.5 Å². The predicted octanol–water partition coefficient (Wildman–Crippen LogP) is 1.49. The van der Waals surface area contributed by atoms with E-state index >= 15 is 0 Å². The second kappa shape index (κ2) is 4.03. The molecule has 2 rings (SSSR count). The summed E-state index contributed by atoms with van der Waals surface area (Å²) in [7, 11) is 1.83. The number of anilines is 1. The third-order valence-electron chi connectivity index (χ3n) is 3.10. The monoisotopic (exact) mass is 204 g/mol. The van der Waals surface area contributed by atoms with Crippen molar-refractivity contribution in [1.82, 2.24) is 0 Å². The first-order valence-corrected chi connectivity index (χ1v) is 5.29. The van der Waals surface area contributed by atoms with E-state index in [4.69, 9.17) is 5.73 Å². The quantitative estimate of drug-likeness (QED) is 0.753. The molecule has 0 fully saturated rings. The lowest BCUT2D eigenvalue weighted by molar-refractivity contribution is -0.118. The molecule has 1 aliphatic rings. The van der Waals surface area contributed by atoms with E-state index in [9.17, 15) is 4.79 Å². The van der Waals surface area contributed by atoms with Crippen molar-refractivity contribution in [3.8, 4) is 0 Å². The van der Waals surface area contributed by atoms with Gasteiger partial charge in [-0.1, -0.05) is 18.2 Å². The van der Waals surface area contributed by atoms with Crippen LogP contribution in [0.3, 0.4) is 0 Å². The Kier molecular flexibility index (Phi) is 2.73. The topological polar surface area (TPSA) is 46.3 Å². The highest BCUT2D eigenvalue weighted by Crippen LogP contribution is 2.33. The number of nitrogens with two attached hydrogens (primary N) is 1. The number of hydrogen-bond donors (Lipinski definition) is 1. The van der Waals surface area contributed by atoms with Crippen molar-refractivity contribution in [3.63, 3.8) is 0 Å². The summed E-state index contributed by atoms with van der Waals surface area (Å²) in [5, 5.41) is 0. The smallest absolute Gasteiger partial charge is 0.226 e. The molecule has 1 amide bonds. The molecule has 0 spiro atoms. The van der Waals surface area contributed by atoms with Gasteiger partial charge in [-0.2, -0.15) is 0 Å². The van der Waals surface area contributed by atoms with E-state index in [0.717, 1.165) is 12.1 Å². The van der Waals surface area contributed by atoms with Crippen LogP contribution in [0.15, 0.2) is 24.3 Å². The lowest BCUT2D eigenvalue weighted by Crippen LogP contribution is -2.24. The number of carbonyl (C=O) groups is 1. The first kappa shape index (κ1) is 10.2. The standard InChI is InChI=1S/C12H16N2O/c1-14-11-5-3-2-4-10(11)9(8-13)6-7-12(14)15/h2-5,9H,6-8,13H2,1H3. The number of fused-ring (bicyclic) bond motifs is 1. The molecule has 1 unspecified atom stereocenters. The Morgan fingerprint density at radius 1 is 1.47 bits per heavy atom. The van der Waals surface area contributed by atoms with Gasteiger partial charge in [0.15, 0.2) is 0 Å². The first-order valence-electron chi connectivity index (χ1n) is 5.29. The van der Waals surface area contributed by atoms with E-state index in [1.54, 1.807) is 4.90 Å². The van der Waals surface area contributed by atoms with Crippen molar-refractivity contribution in [1.29, 1.82) is 0 Å². The summed E-state index contributed by atoms with van der Waals surface area (Å²) in [6, 6.07) is 8.02. The summed E-state index contributed by atoms with van der Waals surface area (Å²) in [4.78, 5) is 13.5. The molecule has 80 valence electrons. The molecule has 0 aliphatic carbocycles. The lowest BCUT2D eigenvalue weighted by Gasteiger charge is -2.19. The molecule has 0 saturated carbocycles. The van der Waals surface area contributed by atoms with Crippen molar-refractivity contribution in [2.75, 3.05) is 18.5 Å². The first-order chi connectivity index (χ1) is 7.24. The van der Waals surface area contributed by atoms with Crippen molar-refractivity contribution < 1.29 is 4.79 Å². The Morgan fingerprint density at radius 2 is 2.20 bits per heavy atom. The summed E-state index contributed by atoms with van der Waals surface area (Å²) < 4.78 is 0. The number of para-hydroxylation sites is 1. The summed E-state index contributed by atoms with van der Waals surface area (Å²) in [5.74, 6) is 0.494. The SMILES string of the molecule is CN1C(=O)CCC(CN)c2ccccc21. The average Bonchev–Trinajstić information content (AvgIpc) is 2.39. The summed E-state index contributed by atoms with van der Waals surface area (Å²) in [6.07, 6.45) is 1.45. The Hall–Kier alpha value is -1.35. The molecule has 3 nitrogen and oxygen atoms in total. The molecule has 1 aromatic carbocycles. The number of hydrogen-bond acceptors (Lipinski definition) is 2. The van der Waals surface area contributed by atoms with Crippen LogP contribution < -0.4 is 10.6 Å². The Morgan fingerprint density at radius 3 is 2.93 bits per heavy atom. The maximum atomic E-state index is 11.7. The molecule has 3 heteroatoms. The predicted molar refractivity (Wildman–Crippen MR) is 60.9 cm³/mol. The Balaban J connectivity index is 2.48. The summed E-state index contributed by atoms with van der Waals surface area (Å²) >= 11 is 0. The van der Waals surface area contributed by atoms with Crippen LogP contribution in [0.5, 0.6) is 0 Å². The minimum Gasteiger partial charge on any atom is -0.330 e. The highest BCUT2D eigenvalue weighted by molar-refractivity contribution is 5.94. The molecular weight excluding hydrogens is 188 g/mol. The van der Waals surface area contributed by atoms with Crippen molar-refractivity contribution >= 4 is 11.6 Å². The molecule has 0 aromatic heterocycles. The molecule has 15 heavy (non-hydrogen) atoms. The van der Waals surface area contributed by atoms with E-state index in [0.29, 0.717) is 18.9 Å². The van der Waals surface area contributed by atoms with E-state index in [1.807, 2.05) is 25.2 Å². The van der Waals surface area contributed by atoms with E-state index in [1.165, 1.54) is 5.56 Å². The Labute approximate surface area is 89.9 Å². The van der Waals surface area contributed by atoms with Crippen molar-refractivity contribution in [2.45, 2.75) is 18.8 Å². The molecule has 2 N–H and O–H groups in total. The fraction of sp³-hybridized carbons (Fsp3) is 0.417. The lowest BCUT2D eigenvalue weighted by atomic mass is 9.94. The van der Waals surface area contributed by atoms with Crippen LogP contribution in [0.4, 0.5) is 5.69 Å². The third-order valence-corrected chi connectivity index (χ3v) is 3.10. The van der Waals surface area contributed by atoms with Gasteiger partial charge in [0.25, 0.3) is 0 Å². The van der Waals surface area contributed by atoms with Crippen LogP contribution in [0.1, 0.15) is 24.3 Å². The second-order valence-electron chi connectivity index (χ2n) is 3.98. The summed E-state index contributed by atoms with van der Waals surface area (Å²) in [6.45, 7) is 0.609. The zero-order valence-electron chi connectivity index (χ0n) is 8.94. The molecular formula is C12H16N2O. The van der Waals surface area contributed by atoms with Crippen LogP contribution in [0, 0.1) is 0 Å². The Bertz CT molecular complexity index is 376. The molecule has 0 saturated heterocycles. The largest absolute Gasteiger partial charge is 0.330 e. The summed E-state index contributed by atoms with van der Waals surface area (Å²) in [5.41, 5.74) is 7.96. The van der Waals surface area contributed by atoms with Crippen molar-refractivity contribution in [2.24, 2.45) is 5.73 Å². The van der Waals surface area contributed by atoms with Crippen LogP contribution >= 0.6 is 0 Å². The maximum absolute atomic E-state index is 11.7. The number of nitrogens with zero attached hydrogens (tertiary/aromatic N) is 1. The third kappa shape index (κ3) is 1.75. The van der Waals surface area contributed by atoms with E-state index < -0.39 is 0 Å². The van der Waals surface area contributed by atoms with Gasteiger partial charge in [-0.25, -0.2) is 0 Å². The van der Waals surface area contributed by atoms with E-state index in [2.05, 4.69) is 6.07 Å². The highest BCUT2D eigenvalue weighted by Gasteiger charge is 2.24. The fourth-order valence-corrected chi connectivity index (χ4v) is 2.14. The minimum absolute atomic E-state index is 0.179. The van der Waals surface area contributed by atoms with Crippen LogP contribution in [-0.4, -0.2) is 19.5 Å². The molecule has 0 radical (unpaired) electrons. The van der Waals surface area contributed by atoms with Gasteiger partial charge in [0, 0.05) is 19.2 Å². The number of amides is 1. The van der Waals surface area contributed by atoms with Gasteiger partial charge >= 0.3 is 0 Å². The number of carbonyl (C=O) groups excluding carboxylic acids is 1. The van der Waals surface area contributed by atoms with Crippen LogP contribution in [-0.2, 0) is 4.79 Å². The highest BCUT2D eigenvalue weighted by atomic mass is 16.2. The van der Waals surface area contributed by atoms with E-state index in [-0.39, 0.29) is 5.91 Å². The van der Waals surface area contributed by atoms with Gasteiger partial charge in [0.05, 0.1) is 0 Å². The van der Waals surface area contributed by atoms with Gasteiger partial charge in [0.2, 0.25) is 5.91 Å². The fourth-order valence-electron chi connectivity index (χ4n) is 2.14. The minimum atomic E-state index is 0.179. The van der Waals surface area contributed by atoms with Gasteiger partial charge < -0.3 is 10.6 Å². The average molecular weight is 204 g/mol. The second-order valence-corrected chi connectivity index (χ2v) is 3.98. The molecule has 1 aromatic rings. The zero-order valence-corrected chi connectivity index (χ0v) is 8.94. The molecule has 0 bridgehead atoms. The number of rotatable bonds is 1.